The number of fused-ring (bicyclic) bond motifs is 1. The van der Waals surface area contributed by atoms with Crippen molar-refractivity contribution in [1.82, 2.24) is 0 Å². The quantitative estimate of drug-likeness (QED) is 0.699. The van der Waals surface area contributed by atoms with Crippen molar-refractivity contribution in [2.75, 3.05) is 5.32 Å². The van der Waals surface area contributed by atoms with Crippen LogP contribution in [0.25, 0.3) is 10.1 Å². The van der Waals surface area contributed by atoms with Crippen LogP contribution < -0.4 is 5.32 Å². The second-order valence-corrected chi connectivity index (χ2v) is 5.72. The third kappa shape index (κ3) is 2.50. The summed E-state index contributed by atoms with van der Waals surface area (Å²) in [5.41, 5.74) is -0.476. The highest BCUT2D eigenvalue weighted by Crippen LogP contribution is 2.35. The summed E-state index contributed by atoms with van der Waals surface area (Å²) in [6.07, 6.45) is 0. The van der Waals surface area contributed by atoms with Crippen LogP contribution in [0.15, 0.2) is 42.5 Å². The highest BCUT2D eigenvalue weighted by Gasteiger charge is 2.19. The number of rotatable bonds is 2. The molecule has 2 aromatic carbocycles. The molecule has 1 aromatic heterocycles. The van der Waals surface area contributed by atoms with Gasteiger partial charge in [0.2, 0.25) is 0 Å². The van der Waals surface area contributed by atoms with Gasteiger partial charge in [-0.1, -0.05) is 35.9 Å². The van der Waals surface area contributed by atoms with Crippen molar-refractivity contribution in [3.8, 4) is 0 Å². The lowest BCUT2D eigenvalue weighted by Crippen LogP contribution is -2.13. The van der Waals surface area contributed by atoms with Crippen LogP contribution in [0.1, 0.15) is 9.67 Å². The molecule has 21 heavy (non-hydrogen) atoms. The van der Waals surface area contributed by atoms with Gasteiger partial charge in [0.15, 0.2) is 0 Å². The number of thiophene rings is 1. The van der Waals surface area contributed by atoms with E-state index < -0.39 is 23.2 Å². The third-order valence-electron chi connectivity index (χ3n) is 2.94. The molecule has 0 saturated carbocycles. The Bertz CT molecular complexity index is 827. The van der Waals surface area contributed by atoms with Crippen molar-refractivity contribution < 1.29 is 13.6 Å². The van der Waals surface area contributed by atoms with Crippen LogP contribution in [-0.4, -0.2) is 5.91 Å². The first kappa shape index (κ1) is 14.0. The molecule has 0 aliphatic heterocycles. The van der Waals surface area contributed by atoms with E-state index in [0.29, 0.717) is 0 Å². The predicted octanol–water partition coefficient (Wildman–Crippen LogP) is 5.09. The Morgan fingerprint density at radius 1 is 1.05 bits per heavy atom. The average molecular weight is 324 g/mol. The molecule has 1 amide bonds. The third-order valence-corrected chi connectivity index (χ3v) is 4.62. The van der Waals surface area contributed by atoms with Gasteiger partial charge in [0.1, 0.15) is 22.2 Å². The molecule has 3 aromatic rings. The first-order chi connectivity index (χ1) is 10.1. The number of para-hydroxylation sites is 1. The monoisotopic (exact) mass is 323 g/mol. The maximum atomic E-state index is 13.5. The number of hydrogen-bond donors (Lipinski definition) is 1. The molecule has 3 rings (SSSR count). The molecule has 0 saturated heterocycles. The minimum Gasteiger partial charge on any atom is -0.316 e. The number of nitrogens with one attached hydrogen (secondary N) is 1. The van der Waals surface area contributed by atoms with Gasteiger partial charge >= 0.3 is 0 Å². The fraction of sp³-hybridized carbons (Fsp3) is 0. The Morgan fingerprint density at radius 3 is 2.38 bits per heavy atom. The van der Waals surface area contributed by atoms with Gasteiger partial charge in [-0.05, 0) is 18.2 Å². The van der Waals surface area contributed by atoms with Crippen molar-refractivity contribution >= 4 is 44.6 Å². The maximum Gasteiger partial charge on any atom is 0.267 e. The summed E-state index contributed by atoms with van der Waals surface area (Å²) in [6, 6.07) is 10.6. The number of amides is 1. The molecule has 0 aliphatic rings. The molecule has 2 nitrogen and oxygen atoms in total. The Balaban J connectivity index is 2.00. The molecule has 106 valence electrons. The van der Waals surface area contributed by atoms with Crippen molar-refractivity contribution in [2.24, 2.45) is 0 Å². The Kier molecular flexibility index (Phi) is 3.61. The van der Waals surface area contributed by atoms with Crippen LogP contribution in [-0.2, 0) is 0 Å². The zero-order valence-electron chi connectivity index (χ0n) is 10.5. The average Bonchev–Trinajstić information content (AvgIpc) is 2.81. The van der Waals surface area contributed by atoms with E-state index in [-0.39, 0.29) is 9.90 Å². The highest BCUT2D eigenvalue weighted by atomic mass is 35.5. The minimum absolute atomic E-state index is 0.223. The predicted molar refractivity (Wildman–Crippen MR) is 81.1 cm³/mol. The van der Waals surface area contributed by atoms with Crippen molar-refractivity contribution in [2.45, 2.75) is 0 Å². The van der Waals surface area contributed by atoms with Gasteiger partial charge in [-0.15, -0.1) is 11.3 Å². The van der Waals surface area contributed by atoms with Crippen LogP contribution in [0.2, 0.25) is 5.02 Å². The van der Waals surface area contributed by atoms with Gasteiger partial charge in [-0.3, -0.25) is 4.79 Å². The fourth-order valence-corrected chi connectivity index (χ4v) is 3.36. The van der Waals surface area contributed by atoms with Crippen LogP contribution in [0.3, 0.4) is 0 Å². The van der Waals surface area contributed by atoms with Gasteiger partial charge in [0.25, 0.3) is 5.91 Å². The smallest absolute Gasteiger partial charge is 0.267 e. The van der Waals surface area contributed by atoms with Crippen LogP contribution in [0.4, 0.5) is 14.5 Å². The number of anilines is 1. The molecular weight excluding hydrogens is 316 g/mol. The molecule has 6 heteroatoms. The first-order valence-corrected chi connectivity index (χ1v) is 7.20. The second kappa shape index (κ2) is 5.42. The number of benzene rings is 2. The minimum atomic E-state index is -0.833. The van der Waals surface area contributed by atoms with E-state index in [1.807, 2.05) is 12.1 Å². The summed E-state index contributed by atoms with van der Waals surface area (Å²) >= 11 is 7.33. The molecule has 0 spiro atoms. The van der Waals surface area contributed by atoms with E-state index in [1.54, 1.807) is 12.1 Å². The van der Waals surface area contributed by atoms with Crippen LogP contribution in [0.5, 0.6) is 0 Å². The van der Waals surface area contributed by atoms with Gasteiger partial charge in [0, 0.05) is 10.1 Å². The summed E-state index contributed by atoms with van der Waals surface area (Å²) < 4.78 is 27.9. The summed E-state index contributed by atoms with van der Waals surface area (Å²) in [6.45, 7) is 0. The number of carbonyl (C=O) groups is 1. The molecule has 0 radical (unpaired) electrons. The van der Waals surface area contributed by atoms with E-state index in [2.05, 4.69) is 5.32 Å². The highest BCUT2D eigenvalue weighted by molar-refractivity contribution is 7.21. The van der Waals surface area contributed by atoms with Crippen LogP contribution in [0, 0.1) is 11.6 Å². The molecule has 0 aliphatic carbocycles. The van der Waals surface area contributed by atoms with Gasteiger partial charge < -0.3 is 5.32 Å². The van der Waals surface area contributed by atoms with Gasteiger partial charge in [-0.2, -0.15) is 0 Å². The lowest BCUT2D eigenvalue weighted by atomic mass is 10.2. The molecule has 0 atom stereocenters. The van der Waals surface area contributed by atoms with Crippen molar-refractivity contribution in [3.05, 3.63) is 64.0 Å². The summed E-state index contributed by atoms with van der Waals surface area (Å²) in [5, 5.41) is 3.26. The molecule has 1 N–H and O–H groups in total. The number of halogens is 3. The molecule has 0 fully saturated rings. The lowest BCUT2D eigenvalue weighted by molar-refractivity contribution is 0.102. The molecular formula is C15H8ClF2NOS. The number of hydrogen-bond acceptors (Lipinski definition) is 2. The van der Waals surface area contributed by atoms with E-state index in [1.165, 1.54) is 17.4 Å². The van der Waals surface area contributed by atoms with E-state index in [4.69, 9.17) is 11.6 Å². The zero-order chi connectivity index (χ0) is 15.0. The van der Waals surface area contributed by atoms with Crippen LogP contribution >= 0.6 is 22.9 Å². The maximum absolute atomic E-state index is 13.5. The van der Waals surface area contributed by atoms with E-state index in [9.17, 15) is 13.6 Å². The Morgan fingerprint density at radius 2 is 1.71 bits per heavy atom. The van der Waals surface area contributed by atoms with E-state index >= 15 is 0 Å². The number of carbonyl (C=O) groups excluding carboxylic acids is 1. The van der Waals surface area contributed by atoms with Crippen molar-refractivity contribution in [1.29, 1.82) is 0 Å². The standard InChI is InChI=1S/C15H8ClF2NOS/c16-12-8-4-1-2-7-11(8)21-14(12)15(20)19-13-9(17)5-3-6-10(13)18/h1-7H,(H,19,20). The summed E-state index contributed by atoms with van der Waals surface area (Å²) in [4.78, 5) is 12.4. The van der Waals surface area contributed by atoms with Gasteiger partial charge in [0.05, 0.1) is 5.02 Å². The Hall–Kier alpha value is -1.98. The Labute approximate surface area is 128 Å². The normalized spacial score (nSPS) is 10.8. The molecule has 0 unspecified atom stereocenters. The van der Waals surface area contributed by atoms with Crippen molar-refractivity contribution in [3.63, 3.8) is 0 Å². The fourth-order valence-electron chi connectivity index (χ4n) is 1.95. The zero-order valence-corrected chi connectivity index (χ0v) is 12.1. The van der Waals surface area contributed by atoms with Gasteiger partial charge in [-0.25, -0.2) is 8.78 Å². The lowest BCUT2D eigenvalue weighted by Gasteiger charge is -2.06. The first-order valence-electron chi connectivity index (χ1n) is 6.00. The summed E-state index contributed by atoms with van der Waals surface area (Å²) in [5.74, 6) is -2.30. The topological polar surface area (TPSA) is 29.1 Å². The largest absolute Gasteiger partial charge is 0.316 e. The SMILES string of the molecule is O=C(Nc1c(F)cccc1F)c1sc2ccccc2c1Cl. The second-order valence-electron chi connectivity index (χ2n) is 4.29. The van der Waals surface area contributed by atoms with E-state index in [0.717, 1.165) is 22.2 Å². The summed E-state index contributed by atoms with van der Waals surface area (Å²) in [7, 11) is 0. The molecule has 1 heterocycles. The molecule has 0 bridgehead atoms.